The first-order valence-electron chi connectivity index (χ1n) is 7.41. The van der Waals surface area contributed by atoms with E-state index >= 15 is 0 Å². The number of likely N-dealkylation sites (tertiary alicyclic amines) is 1. The summed E-state index contributed by atoms with van der Waals surface area (Å²) >= 11 is 0. The van der Waals surface area contributed by atoms with Crippen molar-refractivity contribution in [3.63, 3.8) is 0 Å². The Labute approximate surface area is 145 Å². The molecule has 1 unspecified atom stereocenters. The number of ether oxygens (including phenoxy) is 1. The van der Waals surface area contributed by atoms with E-state index in [1.54, 1.807) is 7.05 Å². The number of nitrogens with one attached hydrogen (secondary N) is 1. The molecule has 5 nitrogen and oxygen atoms in total. The summed E-state index contributed by atoms with van der Waals surface area (Å²) < 4.78 is 5.46. The molecule has 6 heteroatoms. The van der Waals surface area contributed by atoms with Gasteiger partial charge in [-0.15, -0.1) is 24.0 Å². The second-order valence-corrected chi connectivity index (χ2v) is 6.79. The second kappa shape index (κ2) is 8.80. The van der Waals surface area contributed by atoms with Crippen LogP contribution in [0.25, 0.3) is 0 Å². The normalized spacial score (nSPS) is 19.5. The van der Waals surface area contributed by atoms with E-state index in [2.05, 4.69) is 29.1 Å². The van der Waals surface area contributed by atoms with Crippen LogP contribution in [0.3, 0.4) is 0 Å². The van der Waals surface area contributed by atoms with E-state index in [0.717, 1.165) is 25.5 Å². The van der Waals surface area contributed by atoms with Crippen molar-refractivity contribution in [2.24, 2.45) is 16.8 Å². The zero-order chi connectivity index (χ0) is 15.3. The number of guanidine groups is 1. The fraction of sp³-hybridized carbons (Fsp3) is 0.867. The van der Waals surface area contributed by atoms with Gasteiger partial charge >= 0.3 is 5.97 Å². The van der Waals surface area contributed by atoms with Crippen LogP contribution in [0.4, 0.5) is 0 Å². The fourth-order valence-corrected chi connectivity index (χ4v) is 2.16. The Bertz CT molecular complexity index is 364. The van der Waals surface area contributed by atoms with Crippen molar-refractivity contribution >= 4 is 35.9 Å². The van der Waals surface area contributed by atoms with Crippen molar-refractivity contribution in [2.45, 2.75) is 46.6 Å². The molecule has 1 N–H and O–H groups in total. The lowest BCUT2D eigenvalue weighted by Crippen LogP contribution is -2.42. The molecule has 1 aliphatic rings. The number of esters is 1. The lowest BCUT2D eigenvalue weighted by atomic mass is 10.1. The predicted molar refractivity (Wildman–Crippen MR) is 97.1 cm³/mol. The van der Waals surface area contributed by atoms with Crippen LogP contribution < -0.4 is 5.32 Å². The highest BCUT2D eigenvalue weighted by Gasteiger charge is 2.33. The molecule has 1 saturated heterocycles. The van der Waals surface area contributed by atoms with E-state index in [9.17, 15) is 4.79 Å². The largest absolute Gasteiger partial charge is 0.460 e. The number of aliphatic imine (C=N–C) groups is 1. The van der Waals surface area contributed by atoms with Gasteiger partial charge < -0.3 is 15.0 Å². The molecule has 0 spiro atoms. The zero-order valence-electron chi connectivity index (χ0n) is 14.1. The lowest BCUT2D eigenvalue weighted by molar-refractivity contribution is -0.159. The molecule has 0 aliphatic carbocycles. The summed E-state index contributed by atoms with van der Waals surface area (Å²) in [6, 6.07) is 0. The van der Waals surface area contributed by atoms with Gasteiger partial charge in [-0.25, -0.2) is 0 Å². The van der Waals surface area contributed by atoms with Gasteiger partial charge in [0.15, 0.2) is 5.96 Å². The standard InChI is InChI=1S/C15H29N3O2.HI/c1-11(2)9-17-14(16-6)18-8-7-12(10-18)13(19)20-15(3,4)5;/h11-12H,7-10H2,1-6H3,(H,16,17);1H. The number of hydrogen-bond acceptors (Lipinski definition) is 3. The quantitative estimate of drug-likeness (QED) is 0.336. The molecule has 124 valence electrons. The monoisotopic (exact) mass is 411 g/mol. The van der Waals surface area contributed by atoms with Crippen molar-refractivity contribution in [2.75, 3.05) is 26.7 Å². The Morgan fingerprint density at radius 1 is 1.43 bits per heavy atom. The molecule has 0 bridgehead atoms. The van der Waals surface area contributed by atoms with Gasteiger partial charge in [0.2, 0.25) is 0 Å². The fourth-order valence-electron chi connectivity index (χ4n) is 2.16. The third-order valence-electron chi connectivity index (χ3n) is 3.11. The summed E-state index contributed by atoms with van der Waals surface area (Å²) in [7, 11) is 1.78. The Morgan fingerprint density at radius 3 is 2.52 bits per heavy atom. The van der Waals surface area contributed by atoms with Crippen LogP contribution in [0, 0.1) is 11.8 Å². The summed E-state index contributed by atoms with van der Waals surface area (Å²) in [4.78, 5) is 18.5. The SMILES string of the molecule is CN=C(NCC(C)C)N1CCC(C(=O)OC(C)(C)C)C1.I. The molecule has 0 aromatic carbocycles. The number of nitrogens with zero attached hydrogens (tertiary/aromatic N) is 2. The van der Waals surface area contributed by atoms with Gasteiger partial charge in [-0.3, -0.25) is 9.79 Å². The highest BCUT2D eigenvalue weighted by Crippen LogP contribution is 2.20. The molecule has 0 aromatic rings. The van der Waals surface area contributed by atoms with E-state index in [0.29, 0.717) is 12.5 Å². The van der Waals surface area contributed by atoms with Gasteiger partial charge in [0.05, 0.1) is 5.92 Å². The molecule has 0 amide bonds. The van der Waals surface area contributed by atoms with Gasteiger partial charge in [-0.1, -0.05) is 13.8 Å². The minimum atomic E-state index is -0.415. The summed E-state index contributed by atoms with van der Waals surface area (Å²) in [5.41, 5.74) is -0.415. The summed E-state index contributed by atoms with van der Waals surface area (Å²) in [6.45, 7) is 12.5. The van der Waals surface area contributed by atoms with E-state index < -0.39 is 5.60 Å². The molecule has 0 radical (unpaired) electrons. The van der Waals surface area contributed by atoms with Crippen LogP contribution in [-0.4, -0.2) is 49.1 Å². The van der Waals surface area contributed by atoms with E-state index in [-0.39, 0.29) is 35.9 Å². The van der Waals surface area contributed by atoms with Crippen LogP contribution in [0.15, 0.2) is 4.99 Å². The van der Waals surface area contributed by atoms with Crippen molar-refractivity contribution in [3.8, 4) is 0 Å². The van der Waals surface area contributed by atoms with E-state index in [1.165, 1.54) is 0 Å². The van der Waals surface area contributed by atoms with Gasteiger partial charge in [0, 0.05) is 26.7 Å². The predicted octanol–water partition coefficient (Wildman–Crippen LogP) is 2.50. The molecular formula is C15H30IN3O2. The van der Waals surface area contributed by atoms with Crippen LogP contribution >= 0.6 is 24.0 Å². The second-order valence-electron chi connectivity index (χ2n) is 6.79. The average molecular weight is 411 g/mol. The molecule has 1 fully saturated rings. The number of rotatable bonds is 3. The van der Waals surface area contributed by atoms with E-state index in [1.807, 2.05) is 20.8 Å². The first-order valence-corrected chi connectivity index (χ1v) is 7.41. The minimum Gasteiger partial charge on any atom is -0.460 e. The molecule has 0 aromatic heterocycles. The maximum Gasteiger partial charge on any atom is 0.311 e. The lowest BCUT2D eigenvalue weighted by Gasteiger charge is -2.24. The van der Waals surface area contributed by atoms with Crippen LogP contribution in [0.5, 0.6) is 0 Å². The molecule has 1 aliphatic heterocycles. The average Bonchev–Trinajstić information content (AvgIpc) is 2.76. The number of carbonyl (C=O) groups excluding carboxylic acids is 1. The van der Waals surface area contributed by atoms with Crippen LogP contribution in [0.2, 0.25) is 0 Å². The molecule has 1 heterocycles. The highest BCUT2D eigenvalue weighted by molar-refractivity contribution is 14.0. The molecular weight excluding hydrogens is 381 g/mol. The number of carbonyl (C=O) groups is 1. The summed E-state index contributed by atoms with van der Waals surface area (Å²) in [5.74, 6) is 1.30. The maximum atomic E-state index is 12.1. The number of halogens is 1. The summed E-state index contributed by atoms with van der Waals surface area (Å²) in [5, 5.41) is 3.34. The maximum absolute atomic E-state index is 12.1. The first-order chi connectivity index (χ1) is 9.23. The number of hydrogen-bond donors (Lipinski definition) is 1. The zero-order valence-corrected chi connectivity index (χ0v) is 16.4. The first kappa shape index (κ1) is 20.5. The van der Waals surface area contributed by atoms with Gasteiger partial charge in [-0.05, 0) is 33.1 Å². The van der Waals surface area contributed by atoms with Gasteiger partial charge in [-0.2, -0.15) is 0 Å². The van der Waals surface area contributed by atoms with Crippen molar-refractivity contribution in [3.05, 3.63) is 0 Å². The van der Waals surface area contributed by atoms with Crippen LogP contribution in [-0.2, 0) is 9.53 Å². The van der Waals surface area contributed by atoms with Gasteiger partial charge in [0.1, 0.15) is 5.60 Å². The minimum absolute atomic E-state index is 0. The highest BCUT2D eigenvalue weighted by atomic mass is 127. The van der Waals surface area contributed by atoms with Crippen molar-refractivity contribution in [1.29, 1.82) is 0 Å². The van der Waals surface area contributed by atoms with Crippen molar-refractivity contribution in [1.82, 2.24) is 10.2 Å². The van der Waals surface area contributed by atoms with Crippen LogP contribution in [0.1, 0.15) is 41.0 Å². The molecule has 1 rings (SSSR count). The Hall–Kier alpha value is -0.530. The Kier molecular flexibility index (Phi) is 8.58. The van der Waals surface area contributed by atoms with Crippen molar-refractivity contribution < 1.29 is 9.53 Å². The third kappa shape index (κ3) is 7.33. The van der Waals surface area contributed by atoms with Gasteiger partial charge in [0.25, 0.3) is 0 Å². The molecule has 0 saturated carbocycles. The molecule has 1 atom stereocenters. The smallest absolute Gasteiger partial charge is 0.311 e. The third-order valence-corrected chi connectivity index (χ3v) is 3.11. The Balaban J connectivity index is 0.00000400. The Morgan fingerprint density at radius 2 is 2.05 bits per heavy atom. The topological polar surface area (TPSA) is 53.9 Å². The van der Waals surface area contributed by atoms with E-state index in [4.69, 9.17) is 4.74 Å². The molecule has 21 heavy (non-hydrogen) atoms. The summed E-state index contributed by atoms with van der Waals surface area (Å²) in [6.07, 6.45) is 0.831.